The van der Waals surface area contributed by atoms with Crippen molar-refractivity contribution in [1.29, 1.82) is 0 Å². The maximum atomic E-state index is 13.6. The molecule has 2 amide bonds. The lowest BCUT2D eigenvalue weighted by molar-refractivity contribution is -0.122. The molecular weight excluding hydrogens is 373 g/mol. The van der Waals surface area contributed by atoms with Crippen LogP contribution in [0.5, 0.6) is 0 Å². The van der Waals surface area contributed by atoms with Crippen LogP contribution in [0.3, 0.4) is 0 Å². The molecule has 0 spiro atoms. The largest absolute Gasteiger partial charge is 0.326 e. The fourth-order valence-corrected chi connectivity index (χ4v) is 2.71. The van der Waals surface area contributed by atoms with Gasteiger partial charge in [-0.2, -0.15) is 0 Å². The Bertz CT molecular complexity index is 840. The van der Waals surface area contributed by atoms with Gasteiger partial charge in [0.2, 0.25) is 11.8 Å². The van der Waals surface area contributed by atoms with Gasteiger partial charge in [0.15, 0.2) is 0 Å². The maximum Gasteiger partial charge on any atom is 0.228 e. The highest BCUT2D eigenvalue weighted by molar-refractivity contribution is 6.42. The van der Waals surface area contributed by atoms with Gasteiger partial charge in [-0.05, 0) is 36.8 Å². The van der Waals surface area contributed by atoms with Crippen LogP contribution in [0.1, 0.15) is 6.42 Å². The highest BCUT2D eigenvalue weighted by atomic mass is 35.5. The number of hydrogen-bond donors (Lipinski definition) is 2. The quantitative estimate of drug-likeness (QED) is 0.815. The molecule has 4 nitrogen and oxygen atoms in total. The molecule has 2 unspecified atom stereocenters. The standard InChI is InChI=1S/C17H12Cl2F2N2O2/c18-11-5-4-8(6-12(11)19)22-16(24)9-7-10(9)17(25)23-15-13(20)2-1-3-14(15)21/h1-6,9-10H,7H2,(H,22,24)(H,23,25). The lowest BCUT2D eigenvalue weighted by atomic mass is 10.2. The van der Waals surface area contributed by atoms with Crippen LogP contribution in [0.2, 0.25) is 10.0 Å². The Balaban J connectivity index is 1.60. The zero-order chi connectivity index (χ0) is 18.1. The average molecular weight is 385 g/mol. The van der Waals surface area contributed by atoms with Crippen molar-refractivity contribution in [3.8, 4) is 0 Å². The molecule has 8 heteroatoms. The van der Waals surface area contributed by atoms with E-state index in [1.807, 2.05) is 0 Å². The van der Waals surface area contributed by atoms with Crippen LogP contribution in [0, 0.1) is 23.5 Å². The molecule has 0 aromatic heterocycles. The van der Waals surface area contributed by atoms with E-state index < -0.39 is 35.1 Å². The number of amides is 2. The molecule has 1 saturated carbocycles. The first kappa shape index (κ1) is 17.6. The first-order valence-corrected chi connectivity index (χ1v) is 8.13. The van der Waals surface area contributed by atoms with Crippen molar-refractivity contribution >= 4 is 46.4 Å². The Morgan fingerprint density at radius 2 is 1.52 bits per heavy atom. The van der Waals surface area contributed by atoms with Crippen LogP contribution in [0.15, 0.2) is 36.4 Å². The number of halogens is 4. The van der Waals surface area contributed by atoms with E-state index in [1.165, 1.54) is 18.2 Å². The molecule has 1 fully saturated rings. The Hall–Kier alpha value is -2.18. The van der Waals surface area contributed by atoms with E-state index in [0.717, 1.165) is 12.1 Å². The second-order valence-electron chi connectivity index (χ2n) is 5.65. The Morgan fingerprint density at radius 1 is 0.920 bits per heavy atom. The molecule has 0 aliphatic heterocycles. The number of hydrogen-bond acceptors (Lipinski definition) is 2. The van der Waals surface area contributed by atoms with Crippen molar-refractivity contribution in [2.24, 2.45) is 11.8 Å². The fourth-order valence-electron chi connectivity index (χ4n) is 2.42. The molecule has 2 aromatic rings. The molecule has 1 aliphatic rings. The van der Waals surface area contributed by atoms with Gasteiger partial charge in [-0.3, -0.25) is 9.59 Å². The van der Waals surface area contributed by atoms with Gasteiger partial charge in [-0.25, -0.2) is 8.78 Å². The minimum Gasteiger partial charge on any atom is -0.326 e. The van der Waals surface area contributed by atoms with Gasteiger partial charge in [-0.15, -0.1) is 0 Å². The summed E-state index contributed by atoms with van der Waals surface area (Å²) in [5.74, 6) is -3.91. The topological polar surface area (TPSA) is 58.2 Å². The van der Waals surface area contributed by atoms with E-state index >= 15 is 0 Å². The average Bonchev–Trinajstić information content (AvgIpc) is 3.35. The van der Waals surface area contributed by atoms with Crippen LogP contribution >= 0.6 is 23.2 Å². The number of nitrogens with one attached hydrogen (secondary N) is 2. The molecule has 0 heterocycles. The lowest BCUT2D eigenvalue weighted by Gasteiger charge is -2.08. The fraction of sp³-hybridized carbons (Fsp3) is 0.176. The van der Waals surface area contributed by atoms with Gasteiger partial charge in [0.25, 0.3) is 0 Å². The zero-order valence-electron chi connectivity index (χ0n) is 12.7. The first-order valence-electron chi connectivity index (χ1n) is 7.37. The lowest BCUT2D eigenvalue weighted by Crippen LogP contribution is -2.21. The molecule has 0 radical (unpaired) electrons. The van der Waals surface area contributed by atoms with E-state index in [-0.39, 0.29) is 5.91 Å². The summed E-state index contributed by atoms with van der Waals surface area (Å²) in [5, 5.41) is 5.48. The Kier molecular flexibility index (Phi) is 4.92. The summed E-state index contributed by atoms with van der Waals surface area (Å²) in [6.45, 7) is 0. The van der Waals surface area contributed by atoms with E-state index in [1.54, 1.807) is 6.07 Å². The second kappa shape index (κ2) is 6.98. The number of carbonyl (C=O) groups is 2. The van der Waals surface area contributed by atoms with Gasteiger partial charge in [0.05, 0.1) is 21.9 Å². The summed E-state index contributed by atoms with van der Waals surface area (Å²) in [4.78, 5) is 24.2. The summed E-state index contributed by atoms with van der Waals surface area (Å²) in [5.41, 5.74) is -0.0614. The third-order valence-electron chi connectivity index (χ3n) is 3.86. The highest BCUT2D eigenvalue weighted by Gasteiger charge is 2.48. The third-order valence-corrected chi connectivity index (χ3v) is 4.60. The molecule has 130 valence electrons. The smallest absolute Gasteiger partial charge is 0.228 e. The summed E-state index contributed by atoms with van der Waals surface area (Å²) in [6, 6.07) is 7.90. The minimum absolute atomic E-state index is 0.291. The second-order valence-corrected chi connectivity index (χ2v) is 6.47. The number of carbonyl (C=O) groups excluding carboxylic acids is 2. The van der Waals surface area contributed by atoms with Gasteiger partial charge >= 0.3 is 0 Å². The number of benzene rings is 2. The molecule has 0 bridgehead atoms. The zero-order valence-corrected chi connectivity index (χ0v) is 14.2. The summed E-state index contributed by atoms with van der Waals surface area (Å²) >= 11 is 11.7. The van der Waals surface area contributed by atoms with Gasteiger partial charge in [-0.1, -0.05) is 29.3 Å². The Labute approximate surface area is 152 Å². The first-order chi connectivity index (χ1) is 11.9. The van der Waals surface area contributed by atoms with Crippen molar-refractivity contribution in [1.82, 2.24) is 0 Å². The van der Waals surface area contributed by atoms with Crippen LogP contribution in [-0.4, -0.2) is 11.8 Å². The molecule has 0 saturated heterocycles. The van der Waals surface area contributed by atoms with Crippen LogP contribution in [0.25, 0.3) is 0 Å². The highest BCUT2D eigenvalue weighted by Crippen LogP contribution is 2.40. The molecule has 1 aliphatic carbocycles. The predicted molar refractivity (Wildman–Crippen MR) is 91.7 cm³/mol. The molecular formula is C17H12Cl2F2N2O2. The monoisotopic (exact) mass is 384 g/mol. The van der Waals surface area contributed by atoms with Crippen molar-refractivity contribution in [3.63, 3.8) is 0 Å². The summed E-state index contributed by atoms with van der Waals surface area (Å²) in [7, 11) is 0. The summed E-state index contributed by atoms with van der Waals surface area (Å²) < 4.78 is 27.1. The normalized spacial score (nSPS) is 18.6. The van der Waals surface area contributed by atoms with Crippen molar-refractivity contribution in [3.05, 3.63) is 58.1 Å². The number of rotatable bonds is 4. The van der Waals surface area contributed by atoms with E-state index in [0.29, 0.717) is 22.2 Å². The van der Waals surface area contributed by atoms with E-state index in [2.05, 4.69) is 10.6 Å². The van der Waals surface area contributed by atoms with Gasteiger partial charge < -0.3 is 10.6 Å². The third kappa shape index (κ3) is 3.91. The maximum absolute atomic E-state index is 13.6. The van der Waals surface area contributed by atoms with Gasteiger partial charge in [0, 0.05) is 5.69 Å². The SMILES string of the molecule is O=C(Nc1ccc(Cl)c(Cl)c1)C1CC1C(=O)Nc1c(F)cccc1F. The molecule has 2 aromatic carbocycles. The predicted octanol–water partition coefficient (Wildman–Crippen LogP) is 4.48. The number of para-hydroxylation sites is 1. The van der Waals surface area contributed by atoms with E-state index in [9.17, 15) is 18.4 Å². The molecule has 3 rings (SSSR count). The van der Waals surface area contributed by atoms with Crippen molar-refractivity contribution in [2.45, 2.75) is 6.42 Å². The van der Waals surface area contributed by atoms with Crippen molar-refractivity contribution < 1.29 is 18.4 Å². The van der Waals surface area contributed by atoms with Crippen LogP contribution in [-0.2, 0) is 9.59 Å². The summed E-state index contributed by atoms with van der Waals surface area (Å²) in [6.07, 6.45) is 0.301. The molecule has 2 N–H and O–H groups in total. The van der Waals surface area contributed by atoms with E-state index in [4.69, 9.17) is 23.2 Å². The molecule has 25 heavy (non-hydrogen) atoms. The number of anilines is 2. The van der Waals surface area contributed by atoms with Crippen molar-refractivity contribution in [2.75, 3.05) is 10.6 Å². The minimum atomic E-state index is -0.870. The van der Waals surface area contributed by atoms with Crippen LogP contribution in [0.4, 0.5) is 20.2 Å². The Morgan fingerprint density at radius 3 is 2.12 bits per heavy atom. The van der Waals surface area contributed by atoms with Crippen LogP contribution < -0.4 is 10.6 Å². The molecule has 2 atom stereocenters. The van der Waals surface area contributed by atoms with Gasteiger partial charge in [0.1, 0.15) is 17.3 Å².